The van der Waals surface area contributed by atoms with E-state index in [0.29, 0.717) is 23.0 Å². The minimum atomic E-state index is -0.138. The van der Waals surface area contributed by atoms with Crippen molar-refractivity contribution in [2.24, 2.45) is 0 Å². The Balaban J connectivity index is 1.44. The molecule has 2 heterocycles. The van der Waals surface area contributed by atoms with Gasteiger partial charge in [0.1, 0.15) is 11.5 Å². The maximum atomic E-state index is 13.5. The minimum absolute atomic E-state index is 0.138. The molecule has 0 atom stereocenters. The number of anilines is 1. The maximum Gasteiger partial charge on any atom is 0.260 e. The van der Waals surface area contributed by atoms with Gasteiger partial charge in [0.15, 0.2) is 5.13 Å². The molecule has 0 aliphatic heterocycles. The van der Waals surface area contributed by atoms with E-state index in [2.05, 4.69) is 4.98 Å². The molecule has 0 saturated carbocycles. The van der Waals surface area contributed by atoms with E-state index in [4.69, 9.17) is 9.72 Å². The lowest BCUT2D eigenvalue weighted by molar-refractivity contribution is 0.0985. The Morgan fingerprint density at radius 2 is 1.53 bits per heavy atom. The summed E-state index contributed by atoms with van der Waals surface area (Å²) < 4.78 is 6.88. The zero-order valence-electron chi connectivity index (χ0n) is 17.1. The molecule has 0 aliphatic rings. The summed E-state index contributed by atoms with van der Waals surface area (Å²) in [5.74, 6) is 1.28. The number of amides is 1. The first-order chi connectivity index (χ1) is 15.8. The van der Waals surface area contributed by atoms with Gasteiger partial charge in [0, 0.05) is 11.8 Å². The van der Waals surface area contributed by atoms with Crippen LogP contribution in [0.2, 0.25) is 0 Å². The first kappa shape index (κ1) is 19.9. The van der Waals surface area contributed by atoms with Gasteiger partial charge in [-0.15, -0.1) is 0 Å². The third-order valence-electron chi connectivity index (χ3n) is 4.89. The molecule has 5 aromatic rings. The number of fused-ring (bicyclic) bond motifs is 1. The summed E-state index contributed by atoms with van der Waals surface area (Å²) in [7, 11) is 0. The van der Waals surface area contributed by atoms with Crippen LogP contribution in [0.1, 0.15) is 16.1 Å². The third kappa shape index (κ3) is 4.36. The number of carbonyl (C=O) groups excluding carboxylic acids is 1. The van der Waals surface area contributed by atoms with Crippen LogP contribution in [-0.2, 0) is 6.54 Å². The van der Waals surface area contributed by atoms with Crippen molar-refractivity contribution in [3.05, 3.63) is 115 Å². The predicted octanol–water partition coefficient (Wildman–Crippen LogP) is 6.33. The van der Waals surface area contributed by atoms with E-state index in [0.717, 1.165) is 21.7 Å². The van der Waals surface area contributed by atoms with Gasteiger partial charge in [-0.3, -0.25) is 14.7 Å². The average Bonchev–Trinajstić information content (AvgIpc) is 3.28. The van der Waals surface area contributed by atoms with Gasteiger partial charge < -0.3 is 4.74 Å². The Kier molecular flexibility index (Phi) is 5.59. The van der Waals surface area contributed by atoms with E-state index in [1.165, 1.54) is 11.3 Å². The average molecular weight is 438 g/mol. The highest BCUT2D eigenvalue weighted by atomic mass is 32.1. The molecule has 156 valence electrons. The zero-order chi connectivity index (χ0) is 21.8. The summed E-state index contributed by atoms with van der Waals surface area (Å²) >= 11 is 1.49. The summed E-state index contributed by atoms with van der Waals surface area (Å²) in [5.41, 5.74) is 2.22. The second-order valence-corrected chi connectivity index (χ2v) is 8.13. The van der Waals surface area contributed by atoms with Crippen molar-refractivity contribution in [1.29, 1.82) is 0 Å². The van der Waals surface area contributed by atoms with Crippen LogP contribution < -0.4 is 9.64 Å². The van der Waals surface area contributed by atoms with Crippen LogP contribution in [0.4, 0.5) is 5.13 Å². The molecule has 6 heteroatoms. The second kappa shape index (κ2) is 8.99. The van der Waals surface area contributed by atoms with Gasteiger partial charge in [-0.1, -0.05) is 47.7 Å². The summed E-state index contributed by atoms with van der Waals surface area (Å²) in [4.78, 5) is 24.3. The number of aromatic nitrogens is 2. The third-order valence-corrected chi connectivity index (χ3v) is 5.94. The van der Waals surface area contributed by atoms with Crippen LogP contribution in [0.5, 0.6) is 11.5 Å². The Morgan fingerprint density at radius 3 is 2.28 bits per heavy atom. The Morgan fingerprint density at radius 1 is 0.812 bits per heavy atom. The summed E-state index contributed by atoms with van der Waals surface area (Å²) in [6, 6.07) is 30.3. The number of nitrogens with zero attached hydrogens (tertiary/aromatic N) is 3. The number of rotatable bonds is 6. The summed E-state index contributed by atoms with van der Waals surface area (Å²) in [5, 5.41) is 0.645. The van der Waals surface area contributed by atoms with Crippen LogP contribution in [0, 0.1) is 0 Å². The number of hydrogen-bond acceptors (Lipinski definition) is 5. The molecule has 0 bridgehead atoms. The lowest BCUT2D eigenvalue weighted by Crippen LogP contribution is -2.30. The fourth-order valence-corrected chi connectivity index (χ4v) is 4.26. The van der Waals surface area contributed by atoms with Crippen molar-refractivity contribution >= 4 is 32.6 Å². The van der Waals surface area contributed by atoms with Gasteiger partial charge in [-0.2, -0.15) is 0 Å². The van der Waals surface area contributed by atoms with Crippen molar-refractivity contribution in [1.82, 2.24) is 9.97 Å². The highest BCUT2D eigenvalue weighted by Crippen LogP contribution is 2.31. The SMILES string of the molecule is O=C(c1ccc(Oc2ccccc2)cc1)N(Cc1ccccn1)c1nc2ccccc2s1. The topological polar surface area (TPSA) is 55.3 Å². The largest absolute Gasteiger partial charge is 0.457 e. The summed E-state index contributed by atoms with van der Waals surface area (Å²) in [6.45, 7) is 0.335. The lowest BCUT2D eigenvalue weighted by Gasteiger charge is -2.19. The molecular weight excluding hydrogens is 418 g/mol. The fourth-order valence-electron chi connectivity index (χ4n) is 3.30. The van der Waals surface area contributed by atoms with Crippen LogP contribution >= 0.6 is 11.3 Å². The molecule has 32 heavy (non-hydrogen) atoms. The minimum Gasteiger partial charge on any atom is -0.457 e. The van der Waals surface area contributed by atoms with E-state index >= 15 is 0 Å². The molecule has 0 radical (unpaired) electrons. The fraction of sp³-hybridized carbons (Fsp3) is 0.0385. The first-order valence-corrected chi connectivity index (χ1v) is 11.0. The van der Waals surface area contributed by atoms with E-state index in [1.807, 2.05) is 72.8 Å². The molecular formula is C26H19N3O2S. The number of pyridine rings is 1. The highest BCUT2D eigenvalue weighted by Gasteiger charge is 2.22. The van der Waals surface area contributed by atoms with Gasteiger partial charge in [-0.05, 0) is 60.7 Å². The quantitative estimate of drug-likeness (QED) is 0.311. The van der Waals surface area contributed by atoms with E-state index in [-0.39, 0.29) is 5.91 Å². The molecule has 0 aliphatic carbocycles. The van der Waals surface area contributed by atoms with E-state index in [9.17, 15) is 4.79 Å². The van der Waals surface area contributed by atoms with Crippen LogP contribution in [0.3, 0.4) is 0 Å². The monoisotopic (exact) mass is 437 g/mol. The van der Waals surface area contributed by atoms with Gasteiger partial charge in [0.2, 0.25) is 0 Å². The number of thiazole rings is 1. The zero-order valence-corrected chi connectivity index (χ0v) is 17.9. The smallest absolute Gasteiger partial charge is 0.260 e. The molecule has 3 aromatic carbocycles. The van der Waals surface area contributed by atoms with Gasteiger partial charge in [0.05, 0.1) is 22.5 Å². The van der Waals surface area contributed by atoms with E-state index in [1.54, 1.807) is 35.4 Å². The lowest BCUT2D eigenvalue weighted by atomic mass is 10.2. The van der Waals surface area contributed by atoms with Crippen molar-refractivity contribution in [3.63, 3.8) is 0 Å². The predicted molar refractivity (Wildman–Crippen MR) is 127 cm³/mol. The first-order valence-electron chi connectivity index (χ1n) is 10.2. The molecule has 0 fully saturated rings. The number of benzene rings is 3. The molecule has 0 saturated heterocycles. The number of hydrogen-bond donors (Lipinski definition) is 0. The summed E-state index contributed by atoms with van der Waals surface area (Å²) in [6.07, 6.45) is 1.73. The molecule has 0 spiro atoms. The standard InChI is InChI=1S/C26H19N3O2S/c30-25(19-13-15-22(16-14-19)31-21-9-2-1-3-10-21)29(18-20-8-6-7-17-27-20)26-28-23-11-4-5-12-24(23)32-26/h1-17H,18H2. The van der Waals surface area contributed by atoms with E-state index < -0.39 is 0 Å². The maximum absolute atomic E-state index is 13.5. The van der Waals surface area contributed by atoms with Crippen molar-refractivity contribution in [3.8, 4) is 11.5 Å². The van der Waals surface area contributed by atoms with Crippen molar-refractivity contribution < 1.29 is 9.53 Å². The van der Waals surface area contributed by atoms with Gasteiger partial charge >= 0.3 is 0 Å². The molecule has 0 unspecified atom stereocenters. The molecule has 5 rings (SSSR count). The van der Waals surface area contributed by atoms with Crippen LogP contribution in [-0.4, -0.2) is 15.9 Å². The van der Waals surface area contributed by atoms with Crippen molar-refractivity contribution in [2.75, 3.05) is 4.90 Å². The molecule has 0 N–H and O–H groups in total. The van der Waals surface area contributed by atoms with Gasteiger partial charge in [0.25, 0.3) is 5.91 Å². The number of ether oxygens (including phenoxy) is 1. The Bertz CT molecular complexity index is 1300. The van der Waals surface area contributed by atoms with Crippen LogP contribution in [0.25, 0.3) is 10.2 Å². The Labute approximate surface area is 189 Å². The molecule has 5 nitrogen and oxygen atoms in total. The normalized spacial score (nSPS) is 10.8. The molecule has 1 amide bonds. The number of carbonyl (C=O) groups is 1. The number of para-hydroxylation sites is 2. The second-order valence-electron chi connectivity index (χ2n) is 7.12. The van der Waals surface area contributed by atoms with Gasteiger partial charge in [-0.25, -0.2) is 4.98 Å². The Hall–Kier alpha value is -4.03. The highest BCUT2D eigenvalue weighted by molar-refractivity contribution is 7.22. The van der Waals surface area contributed by atoms with Crippen LogP contribution in [0.15, 0.2) is 103 Å². The van der Waals surface area contributed by atoms with Crippen molar-refractivity contribution in [2.45, 2.75) is 6.54 Å². The molecule has 2 aromatic heterocycles.